The summed E-state index contributed by atoms with van der Waals surface area (Å²) in [7, 11) is 0. The molecule has 0 saturated carbocycles. The molecular weight excluding hydrogens is 258 g/mol. The van der Waals surface area contributed by atoms with Crippen LogP contribution in [0.5, 0.6) is 0 Å². The van der Waals surface area contributed by atoms with E-state index in [9.17, 15) is 4.79 Å². The predicted molar refractivity (Wildman–Crippen MR) is 91.2 cm³/mol. The first-order chi connectivity index (χ1) is 10.3. The Morgan fingerprint density at radius 1 is 0.667 bits per heavy atom. The number of amides is 1. The molecule has 0 rings (SSSR count). The van der Waals surface area contributed by atoms with Gasteiger partial charge in [-0.05, 0) is 0 Å². The number of nitrogens with zero attached hydrogens (tertiary/aromatic N) is 1. The Kier molecular flexibility index (Phi) is 16.5. The molecule has 21 heavy (non-hydrogen) atoms. The van der Waals surface area contributed by atoms with E-state index in [0.29, 0.717) is 6.42 Å². The van der Waals surface area contributed by atoms with Crippen molar-refractivity contribution < 1.29 is 4.79 Å². The molecular formula is C19H35NO. The molecule has 0 heterocycles. The molecule has 0 saturated heterocycles. The van der Waals surface area contributed by atoms with Crippen LogP contribution in [0.4, 0.5) is 0 Å². The van der Waals surface area contributed by atoms with Gasteiger partial charge in [0.1, 0.15) is 0 Å². The fraction of sp³-hybridized carbons (Fsp3) is 0.895. The highest BCUT2D eigenvalue weighted by molar-refractivity contribution is 5.85. The number of unbranched alkanes of at least 4 members (excludes halogenated alkanes) is 14. The smallest absolute Gasteiger partial charge is 0.315 e. The lowest BCUT2D eigenvalue weighted by Crippen LogP contribution is -1.89. The molecule has 1 amide bonds. The summed E-state index contributed by atoms with van der Waals surface area (Å²) in [6, 6.07) is 0. The van der Waals surface area contributed by atoms with E-state index in [1.165, 1.54) is 83.5 Å². The Bertz CT molecular complexity index is 267. The summed E-state index contributed by atoms with van der Waals surface area (Å²) in [5.74, 6) is -0.273. The zero-order valence-electron chi connectivity index (χ0n) is 14.2. The normalized spacial score (nSPS) is 10.5. The molecule has 0 aromatic carbocycles. The number of rotatable bonds is 16. The minimum Gasteiger partial charge on any atom is -0.315 e. The van der Waals surface area contributed by atoms with Gasteiger partial charge in [-0.2, -0.15) is 4.85 Å². The first-order valence-electron chi connectivity index (χ1n) is 9.21. The first-order valence-corrected chi connectivity index (χ1v) is 9.21. The molecule has 0 fully saturated rings. The van der Waals surface area contributed by atoms with Crippen LogP contribution < -0.4 is 0 Å². The lowest BCUT2D eigenvalue weighted by Gasteiger charge is -2.03. The van der Waals surface area contributed by atoms with E-state index in [0.717, 1.165) is 12.8 Å². The van der Waals surface area contributed by atoms with Gasteiger partial charge in [0.05, 0.1) is 6.57 Å². The van der Waals surface area contributed by atoms with E-state index < -0.39 is 0 Å². The minimum absolute atomic E-state index is 0.273. The Labute approximate surface area is 132 Å². The monoisotopic (exact) mass is 293 g/mol. The van der Waals surface area contributed by atoms with Gasteiger partial charge in [-0.3, -0.25) is 0 Å². The molecule has 2 nitrogen and oxygen atoms in total. The van der Waals surface area contributed by atoms with Crippen LogP contribution >= 0.6 is 0 Å². The zero-order chi connectivity index (χ0) is 15.6. The van der Waals surface area contributed by atoms with Crippen molar-refractivity contribution in [3.8, 4) is 0 Å². The summed E-state index contributed by atoms with van der Waals surface area (Å²) < 4.78 is 0. The van der Waals surface area contributed by atoms with Crippen molar-refractivity contribution in [2.45, 2.75) is 110 Å². The van der Waals surface area contributed by atoms with Gasteiger partial charge in [0.25, 0.3) is 0 Å². The van der Waals surface area contributed by atoms with Crippen LogP contribution in [0.1, 0.15) is 110 Å². The van der Waals surface area contributed by atoms with Gasteiger partial charge in [0.2, 0.25) is 0 Å². The summed E-state index contributed by atoms with van der Waals surface area (Å²) in [6.07, 6.45) is 20.4. The number of hydrogen-bond donors (Lipinski definition) is 0. The van der Waals surface area contributed by atoms with Crippen molar-refractivity contribution in [1.29, 1.82) is 0 Å². The third kappa shape index (κ3) is 17.1. The molecule has 0 aliphatic carbocycles. The van der Waals surface area contributed by atoms with Crippen molar-refractivity contribution in [3.05, 3.63) is 11.4 Å². The predicted octanol–water partition coefficient (Wildman–Crippen LogP) is 6.69. The van der Waals surface area contributed by atoms with Crippen LogP contribution in [0.15, 0.2) is 0 Å². The van der Waals surface area contributed by atoms with Gasteiger partial charge >= 0.3 is 5.91 Å². The Hall–Kier alpha value is -0.840. The van der Waals surface area contributed by atoms with Gasteiger partial charge in [0, 0.05) is 6.42 Å². The lowest BCUT2D eigenvalue weighted by atomic mass is 10.0. The van der Waals surface area contributed by atoms with Gasteiger partial charge in [0.15, 0.2) is 0 Å². The van der Waals surface area contributed by atoms with Crippen LogP contribution in [-0.2, 0) is 4.79 Å². The van der Waals surface area contributed by atoms with E-state index >= 15 is 0 Å². The summed E-state index contributed by atoms with van der Waals surface area (Å²) in [5.41, 5.74) is 0. The maximum Gasteiger partial charge on any atom is 0.355 e. The van der Waals surface area contributed by atoms with Crippen LogP contribution in [0, 0.1) is 6.57 Å². The topological polar surface area (TPSA) is 21.4 Å². The number of carbonyl (C=O) groups is 1. The van der Waals surface area contributed by atoms with Crippen molar-refractivity contribution in [2.75, 3.05) is 0 Å². The molecule has 0 spiro atoms. The molecule has 0 radical (unpaired) electrons. The van der Waals surface area contributed by atoms with Gasteiger partial charge < -0.3 is 4.79 Å². The number of hydrogen-bond acceptors (Lipinski definition) is 1. The lowest BCUT2D eigenvalue weighted by molar-refractivity contribution is -0.114. The Morgan fingerprint density at radius 3 is 1.33 bits per heavy atom. The fourth-order valence-electron chi connectivity index (χ4n) is 2.70. The van der Waals surface area contributed by atoms with Crippen molar-refractivity contribution in [2.24, 2.45) is 0 Å². The minimum atomic E-state index is -0.273. The largest absolute Gasteiger partial charge is 0.355 e. The quantitative estimate of drug-likeness (QED) is 0.229. The average molecular weight is 293 g/mol. The van der Waals surface area contributed by atoms with Crippen LogP contribution in [0.2, 0.25) is 0 Å². The van der Waals surface area contributed by atoms with Crippen LogP contribution in [0.3, 0.4) is 0 Å². The summed E-state index contributed by atoms with van der Waals surface area (Å²) in [5, 5.41) is 0. The van der Waals surface area contributed by atoms with E-state index in [4.69, 9.17) is 6.57 Å². The number of carbonyl (C=O) groups excluding carboxylic acids is 1. The van der Waals surface area contributed by atoms with Crippen molar-refractivity contribution >= 4 is 5.91 Å². The van der Waals surface area contributed by atoms with Crippen LogP contribution in [-0.4, -0.2) is 5.91 Å². The highest BCUT2D eigenvalue weighted by Gasteiger charge is 1.99. The molecule has 122 valence electrons. The second-order valence-electron chi connectivity index (χ2n) is 6.21. The second-order valence-corrected chi connectivity index (χ2v) is 6.21. The van der Waals surface area contributed by atoms with Crippen molar-refractivity contribution in [1.82, 2.24) is 0 Å². The third-order valence-electron chi connectivity index (χ3n) is 4.12. The van der Waals surface area contributed by atoms with E-state index in [1.807, 2.05) is 0 Å². The third-order valence-corrected chi connectivity index (χ3v) is 4.12. The second kappa shape index (κ2) is 17.2. The van der Waals surface area contributed by atoms with Crippen molar-refractivity contribution in [3.63, 3.8) is 0 Å². The van der Waals surface area contributed by atoms with Gasteiger partial charge in [-0.25, -0.2) is 0 Å². The summed E-state index contributed by atoms with van der Waals surface area (Å²) in [6.45, 7) is 8.84. The highest BCUT2D eigenvalue weighted by Crippen LogP contribution is 2.13. The fourth-order valence-corrected chi connectivity index (χ4v) is 2.70. The zero-order valence-corrected chi connectivity index (χ0v) is 14.2. The SMILES string of the molecule is [C-]#[N+]C(=O)CCCCCCCCCCCCCCCCC. The molecule has 0 N–H and O–H groups in total. The van der Waals surface area contributed by atoms with Gasteiger partial charge in [-0.1, -0.05) is 103 Å². The molecule has 0 aliphatic heterocycles. The maximum atomic E-state index is 10.8. The Morgan fingerprint density at radius 2 is 1.00 bits per heavy atom. The molecule has 0 aliphatic rings. The van der Waals surface area contributed by atoms with Crippen LogP contribution in [0.25, 0.3) is 4.85 Å². The standard InChI is InChI=1S/C19H35NO/c1-3-4-5-6-7-8-9-10-11-12-13-14-15-16-17-18-19(21)20-2/h3-18H2,1H3. The first kappa shape index (κ1) is 20.2. The molecule has 0 unspecified atom stereocenters. The van der Waals surface area contributed by atoms with E-state index in [1.54, 1.807) is 0 Å². The maximum absolute atomic E-state index is 10.8. The summed E-state index contributed by atoms with van der Waals surface area (Å²) >= 11 is 0. The molecule has 0 aromatic heterocycles. The Balaban J connectivity index is 3.00. The molecule has 0 aromatic rings. The average Bonchev–Trinajstić information content (AvgIpc) is 2.50. The van der Waals surface area contributed by atoms with E-state index in [-0.39, 0.29) is 5.91 Å². The highest BCUT2D eigenvalue weighted by atomic mass is 16.1. The summed E-state index contributed by atoms with van der Waals surface area (Å²) in [4.78, 5) is 13.7. The van der Waals surface area contributed by atoms with Gasteiger partial charge in [-0.15, -0.1) is 0 Å². The molecule has 0 bridgehead atoms. The van der Waals surface area contributed by atoms with E-state index in [2.05, 4.69) is 11.8 Å². The molecule has 0 atom stereocenters. The molecule has 2 heteroatoms.